The Labute approximate surface area is 188 Å². The Bertz CT molecular complexity index is 1300. The molecule has 32 heavy (non-hydrogen) atoms. The Morgan fingerprint density at radius 1 is 1.41 bits per heavy atom. The summed E-state index contributed by atoms with van der Waals surface area (Å²) in [6.45, 7) is 2.53. The van der Waals surface area contributed by atoms with Crippen molar-refractivity contribution >= 4 is 33.4 Å². The number of fused-ring (bicyclic) bond motifs is 1. The number of imidazole rings is 1. The lowest BCUT2D eigenvalue weighted by Gasteiger charge is -2.31. The van der Waals surface area contributed by atoms with Crippen LogP contribution in [-0.4, -0.2) is 59.7 Å². The van der Waals surface area contributed by atoms with E-state index < -0.39 is 32.9 Å². The molecule has 3 aromatic rings. The number of amides is 1. The number of halogens is 2. The molecule has 0 spiro atoms. The molecule has 1 saturated heterocycles. The van der Waals surface area contributed by atoms with Crippen molar-refractivity contribution in [2.24, 2.45) is 5.14 Å². The molecule has 0 aliphatic carbocycles. The van der Waals surface area contributed by atoms with Gasteiger partial charge in [0.05, 0.1) is 46.1 Å². The molecule has 9 nitrogen and oxygen atoms in total. The highest BCUT2D eigenvalue weighted by Crippen LogP contribution is 2.36. The van der Waals surface area contributed by atoms with E-state index in [9.17, 15) is 18.3 Å². The van der Waals surface area contributed by atoms with Gasteiger partial charge in [-0.05, 0) is 36.8 Å². The number of morpholine rings is 1. The molecule has 170 valence electrons. The molecular formula is C20H20ClFN4O5S. The van der Waals surface area contributed by atoms with Crippen molar-refractivity contribution in [3.63, 3.8) is 0 Å². The van der Waals surface area contributed by atoms with Crippen molar-refractivity contribution < 1.29 is 27.4 Å². The highest BCUT2D eigenvalue weighted by atomic mass is 35.5. The lowest BCUT2D eigenvalue weighted by molar-refractivity contribution is -0.0214. The molecule has 1 aliphatic heterocycles. The van der Waals surface area contributed by atoms with Crippen LogP contribution in [0.5, 0.6) is 0 Å². The Balaban J connectivity index is 1.85. The van der Waals surface area contributed by atoms with Gasteiger partial charge < -0.3 is 19.1 Å². The number of ether oxygens (including phenoxy) is 1. The summed E-state index contributed by atoms with van der Waals surface area (Å²) in [5.74, 6) is -0.889. The number of nitrogens with two attached hydrogens (primary N) is 1. The van der Waals surface area contributed by atoms with Gasteiger partial charge in [0.15, 0.2) is 0 Å². The highest BCUT2D eigenvalue weighted by molar-refractivity contribution is 7.89. The fourth-order valence-corrected chi connectivity index (χ4v) is 4.68. The quantitative estimate of drug-likeness (QED) is 0.588. The number of pyridine rings is 1. The van der Waals surface area contributed by atoms with E-state index in [0.717, 1.165) is 17.7 Å². The molecule has 1 amide bonds. The SMILES string of the molecule is Cc1ccn2c(CC3CN(C(=O)O)CCO3)c(-c3c(F)cc(S(N)(=O)=O)cc3Cl)nc2c1. The standard InChI is InChI=1S/C20H20ClFN4O5S/c1-11-2-3-26-16(7-12-10-25(20(27)28)4-5-31-12)19(24-17(26)6-11)18-14(21)8-13(9-15(18)22)32(23,29)30/h2-3,6,8-9,12H,4-5,7,10H2,1H3,(H,27,28)(H2,23,29,30). The molecule has 1 unspecified atom stereocenters. The summed E-state index contributed by atoms with van der Waals surface area (Å²) in [7, 11) is -4.16. The number of sulfonamides is 1. The van der Waals surface area contributed by atoms with Crippen molar-refractivity contribution in [2.45, 2.75) is 24.3 Å². The van der Waals surface area contributed by atoms with Crippen molar-refractivity contribution in [3.05, 3.63) is 52.6 Å². The fraction of sp³-hybridized carbons (Fsp3) is 0.300. The Hall–Kier alpha value is -2.73. The van der Waals surface area contributed by atoms with E-state index in [1.807, 2.05) is 19.1 Å². The molecule has 0 saturated carbocycles. The number of hydrogen-bond donors (Lipinski definition) is 2. The molecule has 0 bridgehead atoms. The molecular weight excluding hydrogens is 463 g/mol. The van der Waals surface area contributed by atoms with Gasteiger partial charge in [0, 0.05) is 19.2 Å². The minimum atomic E-state index is -4.16. The predicted molar refractivity (Wildman–Crippen MR) is 115 cm³/mol. The van der Waals surface area contributed by atoms with E-state index in [1.54, 1.807) is 10.6 Å². The molecule has 2 aromatic heterocycles. The van der Waals surface area contributed by atoms with E-state index in [1.165, 1.54) is 4.90 Å². The maximum atomic E-state index is 15.1. The van der Waals surface area contributed by atoms with Crippen LogP contribution in [0.1, 0.15) is 11.3 Å². The molecule has 0 radical (unpaired) electrons. The zero-order valence-corrected chi connectivity index (χ0v) is 18.5. The topological polar surface area (TPSA) is 127 Å². The average molecular weight is 483 g/mol. The first-order valence-corrected chi connectivity index (χ1v) is 11.6. The number of hydrogen-bond acceptors (Lipinski definition) is 5. The number of primary sulfonamides is 1. The summed E-state index contributed by atoms with van der Waals surface area (Å²) in [6, 6.07) is 5.55. The number of carbonyl (C=O) groups is 1. The Morgan fingerprint density at radius 2 is 2.16 bits per heavy atom. The molecule has 3 N–H and O–H groups in total. The normalized spacial score (nSPS) is 17.1. The van der Waals surface area contributed by atoms with Gasteiger partial charge in [-0.2, -0.15) is 0 Å². The number of carboxylic acid groups (broad SMARTS) is 1. The van der Waals surface area contributed by atoms with Gasteiger partial charge in [-0.15, -0.1) is 0 Å². The first-order valence-electron chi connectivity index (χ1n) is 9.64. The van der Waals surface area contributed by atoms with Crippen LogP contribution in [0.2, 0.25) is 5.02 Å². The second-order valence-corrected chi connectivity index (χ2v) is 9.54. The van der Waals surface area contributed by atoms with Crippen LogP contribution in [-0.2, 0) is 21.2 Å². The van der Waals surface area contributed by atoms with E-state index in [4.69, 9.17) is 21.5 Å². The van der Waals surface area contributed by atoms with E-state index in [2.05, 4.69) is 4.98 Å². The maximum absolute atomic E-state index is 15.1. The molecule has 4 rings (SSSR count). The molecule has 12 heteroatoms. The summed E-state index contributed by atoms with van der Waals surface area (Å²) >= 11 is 6.29. The maximum Gasteiger partial charge on any atom is 0.407 e. The molecule has 1 fully saturated rings. The number of aromatic nitrogens is 2. The lowest BCUT2D eigenvalue weighted by atomic mass is 10.0. The van der Waals surface area contributed by atoms with Crippen molar-refractivity contribution in [1.29, 1.82) is 0 Å². The number of aryl methyl sites for hydroxylation is 1. The number of nitrogens with zero attached hydrogens (tertiary/aromatic N) is 3. The summed E-state index contributed by atoms with van der Waals surface area (Å²) in [6.07, 6.45) is 0.486. The van der Waals surface area contributed by atoms with Crippen LogP contribution in [0, 0.1) is 12.7 Å². The second kappa shape index (κ2) is 8.32. The van der Waals surface area contributed by atoms with Crippen molar-refractivity contribution in [2.75, 3.05) is 19.7 Å². The largest absolute Gasteiger partial charge is 0.465 e. The monoisotopic (exact) mass is 482 g/mol. The number of benzene rings is 1. The highest BCUT2D eigenvalue weighted by Gasteiger charge is 2.28. The molecule has 1 aromatic carbocycles. The average Bonchev–Trinajstić information content (AvgIpc) is 3.04. The predicted octanol–water partition coefficient (Wildman–Crippen LogP) is 2.67. The van der Waals surface area contributed by atoms with Crippen LogP contribution >= 0.6 is 11.6 Å². The third-order valence-electron chi connectivity index (χ3n) is 5.29. The minimum Gasteiger partial charge on any atom is -0.465 e. The van der Waals surface area contributed by atoms with E-state index in [-0.39, 0.29) is 42.4 Å². The first-order chi connectivity index (χ1) is 15.0. The van der Waals surface area contributed by atoms with Crippen LogP contribution < -0.4 is 5.14 Å². The first kappa shape index (κ1) is 22.5. The Morgan fingerprint density at radius 3 is 2.81 bits per heavy atom. The van der Waals surface area contributed by atoms with E-state index >= 15 is 4.39 Å². The third-order valence-corrected chi connectivity index (χ3v) is 6.48. The summed E-state index contributed by atoms with van der Waals surface area (Å²) < 4.78 is 45.9. The summed E-state index contributed by atoms with van der Waals surface area (Å²) in [5.41, 5.74) is 2.17. The van der Waals surface area contributed by atoms with Gasteiger partial charge in [-0.1, -0.05) is 11.6 Å². The minimum absolute atomic E-state index is 0.0682. The van der Waals surface area contributed by atoms with Gasteiger partial charge in [-0.25, -0.2) is 27.7 Å². The van der Waals surface area contributed by atoms with Gasteiger partial charge in [0.2, 0.25) is 10.0 Å². The van der Waals surface area contributed by atoms with Crippen LogP contribution in [0.4, 0.5) is 9.18 Å². The zero-order valence-electron chi connectivity index (χ0n) is 17.0. The second-order valence-electron chi connectivity index (χ2n) is 7.57. The number of rotatable bonds is 4. The van der Waals surface area contributed by atoms with Gasteiger partial charge in [0.1, 0.15) is 11.5 Å². The van der Waals surface area contributed by atoms with Crippen LogP contribution in [0.3, 0.4) is 0 Å². The van der Waals surface area contributed by atoms with Gasteiger partial charge >= 0.3 is 6.09 Å². The smallest absolute Gasteiger partial charge is 0.407 e. The zero-order chi connectivity index (χ0) is 23.2. The van der Waals surface area contributed by atoms with Gasteiger partial charge in [0.25, 0.3) is 0 Å². The Kier molecular flexibility index (Phi) is 5.84. The summed E-state index contributed by atoms with van der Waals surface area (Å²) in [5, 5.41) is 14.3. The molecule has 1 atom stereocenters. The lowest BCUT2D eigenvalue weighted by Crippen LogP contribution is -2.45. The van der Waals surface area contributed by atoms with Gasteiger partial charge in [-0.3, -0.25) is 0 Å². The van der Waals surface area contributed by atoms with Crippen LogP contribution in [0.25, 0.3) is 16.9 Å². The fourth-order valence-electron chi connectivity index (χ4n) is 3.77. The van der Waals surface area contributed by atoms with Crippen molar-refractivity contribution in [1.82, 2.24) is 14.3 Å². The molecule has 1 aliphatic rings. The summed E-state index contributed by atoms with van der Waals surface area (Å²) in [4.78, 5) is 16.7. The molecule has 3 heterocycles. The third kappa shape index (κ3) is 4.29. The van der Waals surface area contributed by atoms with Crippen molar-refractivity contribution in [3.8, 4) is 11.3 Å². The van der Waals surface area contributed by atoms with Crippen LogP contribution in [0.15, 0.2) is 35.4 Å². The van der Waals surface area contributed by atoms with E-state index in [0.29, 0.717) is 11.3 Å².